The number of aromatic nitrogens is 1. The van der Waals surface area contributed by atoms with Crippen LogP contribution in [0.1, 0.15) is 50.5 Å². The molecule has 3 rings (SSSR count). The predicted octanol–water partition coefficient (Wildman–Crippen LogP) is 4.07. The normalized spacial score (nSPS) is 28.8. The molecule has 1 heterocycles. The van der Waals surface area contributed by atoms with Crippen molar-refractivity contribution in [3.63, 3.8) is 0 Å². The van der Waals surface area contributed by atoms with Crippen LogP contribution >= 0.6 is 0 Å². The molecule has 1 aromatic rings. The molecule has 3 atom stereocenters. The zero-order chi connectivity index (χ0) is 13.2. The maximum Gasteiger partial charge on any atom is 0.219 e. The monoisotopic (exact) mass is 366 g/mol. The third-order valence-corrected chi connectivity index (χ3v) is 5.13. The van der Waals surface area contributed by atoms with Crippen molar-refractivity contribution < 1.29 is 29.0 Å². The molecule has 0 bridgehead atoms. The first-order valence-electron chi connectivity index (χ1n) is 7.57. The largest absolute Gasteiger partial charge is 0.493 e. The summed E-state index contributed by atoms with van der Waals surface area (Å²) in [6.07, 6.45) is 10.1. The van der Waals surface area contributed by atoms with Crippen molar-refractivity contribution in [2.75, 3.05) is 0 Å². The van der Waals surface area contributed by atoms with E-state index >= 15 is 0 Å². The van der Waals surface area contributed by atoms with Crippen LogP contribution in [-0.4, -0.2) is 10.1 Å². The van der Waals surface area contributed by atoms with Crippen molar-refractivity contribution in [3.05, 3.63) is 23.6 Å². The van der Waals surface area contributed by atoms with Gasteiger partial charge in [0.15, 0.2) is 0 Å². The Morgan fingerprint density at radius 1 is 1.15 bits per heavy atom. The predicted molar refractivity (Wildman–Crippen MR) is 72.4 cm³/mol. The molecule has 1 N–H and O–H groups in total. The van der Waals surface area contributed by atoms with Gasteiger partial charge in [0.2, 0.25) is 11.8 Å². The molecular weight excluding hydrogens is 344 g/mol. The van der Waals surface area contributed by atoms with Gasteiger partial charge in [0.1, 0.15) is 0 Å². The van der Waals surface area contributed by atoms with Gasteiger partial charge in [0.25, 0.3) is 0 Å². The number of nitrogens with zero attached hydrogens (tertiary/aromatic N) is 1. The van der Waals surface area contributed by atoms with Crippen LogP contribution in [0.4, 0.5) is 4.39 Å². The van der Waals surface area contributed by atoms with E-state index in [1.165, 1.54) is 44.6 Å². The molecule has 2 nitrogen and oxygen atoms in total. The van der Waals surface area contributed by atoms with E-state index in [1.807, 2.05) is 0 Å². The Hall–Kier alpha value is -0.497. The maximum atomic E-state index is 13.5. The Bertz CT molecular complexity index is 454. The Balaban J connectivity index is 0.00000147. The van der Waals surface area contributed by atoms with Gasteiger partial charge in [-0.15, -0.1) is 0 Å². The molecule has 1 aromatic heterocycles. The molecule has 2 saturated carbocycles. The Labute approximate surface area is 132 Å². The molecule has 3 unspecified atom stereocenters. The van der Waals surface area contributed by atoms with Crippen LogP contribution in [0.2, 0.25) is 0 Å². The van der Waals surface area contributed by atoms with Crippen molar-refractivity contribution in [2.24, 2.45) is 17.8 Å². The fourth-order valence-corrected chi connectivity index (χ4v) is 4.06. The molecule has 113 valence electrons. The number of hydrogen-bond acceptors (Lipinski definition) is 2. The molecule has 0 aromatic carbocycles. The van der Waals surface area contributed by atoms with Crippen molar-refractivity contribution in [1.82, 2.24) is 4.98 Å². The summed E-state index contributed by atoms with van der Waals surface area (Å²) in [4.78, 5) is 3.48. The average Bonchev–Trinajstić information content (AvgIpc) is 2.85. The molecule has 20 heavy (non-hydrogen) atoms. The third kappa shape index (κ3) is 3.58. The topological polar surface area (TPSA) is 33.1 Å². The van der Waals surface area contributed by atoms with Crippen LogP contribution in [0.5, 0.6) is 5.88 Å². The summed E-state index contributed by atoms with van der Waals surface area (Å²) < 4.78 is 13.5. The Morgan fingerprint density at radius 2 is 1.95 bits per heavy atom. The molecule has 0 amide bonds. The second-order valence-electron chi connectivity index (χ2n) is 6.29. The quantitative estimate of drug-likeness (QED) is 0.646. The number of fused-ring (bicyclic) bond motifs is 1. The summed E-state index contributed by atoms with van der Waals surface area (Å²) in [6, 6.07) is 3.14. The van der Waals surface area contributed by atoms with E-state index in [-0.39, 0.29) is 25.4 Å². The molecule has 0 aliphatic heterocycles. The number of aromatic hydroxyl groups is 1. The minimum absolute atomic E-state index is 0. The van der Waals surface area contributed by atoms with E-state index in [4.69, 9.17) is 5.11 Å². The van der Waals surface area contributed by atoms with Gasteiger partial charge in [0.05, 0.1) is 0 Å². The van der Waals surface area contributed by atoms with E-state index < -0.39 is 5.95 Å². The van der Waals surface area contributed by atoms with Crippen LogP contribution in [0.15, 0.2) is 12.1 Å². The van der Waals surface area contributed by atoms with E-state index in [2.05, 4.69) is 4.98 Å². The van der Waals surface area contributed by atoms with Gasteiger partial charge in [0, 0.05) is 31.1 Å². The number of aryl methyl sites for hydroxylation is 1. The molecule has 4 heteroatoms. The van der Waals surface area contributed by atoms with E-state index in [1.54, 1.807) is 6.07 Å². The SMILES string of the molecule is Oc1ccc(CCC2CCC3CCCC3C2)c(F)n1.[Rh]. The van der Waals surface area contributed by atoms with Crippen molar-refractivity contribution in [3.8, 4) is 5.88 Å². The minimum atomic E-state index is -0.505. The third-order valence-electron chi connectivity index (χ3n) is 5.13. The minimum Gasteiger partial charge on any atom is -0.493 e. The van der Waals surface area contributed by atoms with Crippen LogP contribution in [0, 0.1) is 23.7 Å². The number of pyridine rings is 1. The molecule has 0 saturated heterocycles. The number of rotatable bonds is 3. The summed E-state index contributed by atoms with van der Waals surface area (Å²) >= 11 is 0. The zero-order valence-corrected chi connectivity index (χ0v) is 13.3. The summed E-state index contributed by atoms with van der Waals surface area (Å²) in [5.41, 5.74) is 0.645. The summed E-state index contributed by atoms with van der Waals surface area (Å²) in [6.45, 7) is 0. The fourth-order valence-electron chi connectivity index (χ4n) is 4.06. The van der Waals surface area contributed by atoms with Crippen LogP contribution in [-0.2, 0) is 25.9 Å². The van der Waals surface area contributed by atoms with Crippen LogP contribution in [0.3, 0.4) is 0 Å². The molecule has 2 aliphatic rings. The van der Waals surface area contributed by atoms with Gasteiger partial charge in [-0.2, -0.15) is 9.37 Å². The summed E-state index contributed by atoms with van der Waals surface area (Å²) in [5, 5.41) is 9.11. The van der Waals surface area contributed by atoms with Gasteiger partial charge < -0.3 is 5.11 Å². The fraction of sp³-hybridized carbons (Fsp3) is 0.688. The van der Waals surface area contributed by atoms with Crippen molar-refractivity contribution in [2.45, 2.75) is 51.4 Å². The second-order valence-corrected chi connectivity index (χ2v) is 6.29. The van der Waals surface area contributed by atoms with Crippen LogP contribution in [0.25, 0.3) is 0 Å². The summed E-state index contributed by atoms with van der Waals surface area (Å²) in [7, 11) is 0. The first-order chi connectivity index (χ1) is 9.22. The second kappa shape index (κ2) is 6.98. The van der Waals surface area contributed by atoms with Crippen LogP contribution < -0.4 is 0 Å². The standard InChI is InChI=1S/C16H22FNO.Rh/c17-16-13(8-9-15(19)18-16)7-5-11-4-6-12-2-1-3-14(12)10-11;/h8-9,11-12,14H,1-7,10H2,(H,18,19);. The Morgan fingerprint density at radius 3 is 2.75 bits per heavy atom. The van der Waals surface area contributed by atoms with Gasteiger partial charge in [-0.25, -0.2) is 0 Å². The van der Waals surface area contributed by atoms with Gasteiger partial charge in [-0.05, 0) is 49.5 Å². The van der Waals surface area contributed by atoms with E-state index in [9.17, 15) is 4.39 Å². The maximum absolute atomic E-state index is 13.5. The van der Waals surface area contributed by atoms with E-state index in [0.29, 0.717) is 5.56 Å². The smallest absolute Gasteiger partial charge is 0.219 e. The van der Waals surface area contributed by atoms with E-state index in [0.717, 1.165) is 30.6 Å². The summed E-state index contributed by atoms with van der Waals surface area (Å²) in [5.74, 6) is 1.96. The molecular formula is C16H22FNORh. The van der Waals surface area contributed by atoms with Crippen molar-refractivity contribution in [1.29, 1.82) is 0 Å². The molecule has 2 fully saturated rings. The number of halogens is 1. The number of hydrogen-bond donors (Lipinski definition) is 1. The first-order valence-corrected chi connectivity index (χ1v) is 7.57. The van der Waals surface area contributed by atoms with Gasteiger partial charge >= 0.3 is 0 Å². The molecule has 2 aliphatic carbocycles. The molecule has 1 radical (unpaired) electrons. The van der Waals surface area contributed by atoms with Gasteiger partial charge in [-0.3, -0.25) is 0 Å². The van der Waals surface area contributed by atoms with Gasteiger partial charge in [-0.1, -0.05) is 25.7 Å². The first kappa shape index (κ1) is 15.9. The molecule has 0 spiro atoms. The average molecular weight is 366 g/mol. The Kier molecular flexibility index (Phi) is 5.54. The zero-order valence-electron chi connectivity index (χ0n) is 11.6. The van der Waals surface area contributed by atoms with Crippen molar-refractivity contribution >= 4 is 0 Å².